The number of halogens is 1. The van der Waals surface area contributed by atoms with Crippen molar-refractivity contribution in [1.29, 1.82) is 0 Å². The molecule has 0 saturated heterocycles. The van der Waals surface area contributed by atoms with E-state index in [1.807, 2.05) is 19.1 Å². The molecule has 2 aromatic rings. The maximum atomic E-state index is 13.6. The van der Waals surface area contributed by atoms with Gasteiger partial charge in [0.05, 0.1) is 13.0 Å². The summed E-state index contributed by atoms with van der Waals surface area (Å²) in [7, 11) is -7.02. The second-order valence-corrected chi connectivity index (χ2v) is 23.2. The lowest BCUT2D eigenvalue weighted by Gasteiger charge is -2.31. The highest BCUT2D eigenvalue weighted by Crippen LogP contribution is 2.37. The van der Waals surface area contributed by atoms with E-state index in [0.717, 1.165) is 44.9 Å². The summed E-state index contributed by atoms with van der Waals surface area (Å²) in [5.41, 5.74) is 8.27. The van der Waals surface area contributed by atoms with Gasteiger partial charge in [-0.15, -0.1) is 5.54 Å². The smallest absolute Gasteiger partial charge is 0.207 e. The predicted octanol–water partition coefficient (Wildman–Crippen LogP) is 7.58. The van der Waals surface area contributed by atoms with Crippen LogP contribution in [0.15, 0.2) is 39.7 Å². The average molecular weight is 605 g/mol. The van der Waals surface area contributed by atoms with Crippen LogP contribution in [0.25, 0.3) is 0 Å². The predicted molar refractivity (Wildman–Crippen MR) is 163 cm³/mol. The van der Waals surface area contributed by atoms with E-state index in [-0.39, 0.29) is 0 Å². The lowest BCUT2D eigenvalue weighted by molar-refractivity contribution is 0.431. The number of aryl methyl sites for hydroxylation is 1. The van der Waals surface area contributed by atoms with Gasteiger partial charge in [-0.05, 0) is 59.6 Å². The van der Waals surface area contributed by atoms with E-state index in [0.29, 0.717) is 18.0 Å². The van der Waals surface area contributed by atoms with E-state index in [9.17, 15) is 8.42 Å². The van der Waals surface area contributed by atoms with Gasteiger partial charge in [-0.1, -0.05) is 99.2 Å². The molecule has 0 radical (unpaired) electrons. The molecule has 1 aliphatic rings. The van der Waals surface area contributed by atoms with Gasteiger partial charge < -0.3 is 0 Å². The van der Waals surface area contributed by atoms with Crippen LogP contribution in [-0.4, -0.2) is 28.9 Å². The van der Waals surface area contributed by atoms with Crippen molar-refractivity contribution in [1.82, 2.24) is 4.31 Å². The second-order valence-electron chi connectivity index (χ2n) is 10.3. The summed E-state index contributed by atoms with van der Waals surface area (Å²) in [6, 6.07) is 16.5. The molecule has 0 aliphatic carbocycles. The zero-order chi connectivity index (χ0) is 26.7. The maximum absolute atomic E-state index is 13.6. The van der Waals surface area contributed by atoms with Gasteiger partial charge in [-0.2, -0.15) is 4.31 Å². The van der Waals surface area contributed by atoms with Crippen molar-refractivity contribution >= 4 is 47.3 Å². The number of nitrogens with zero attached hydrogens (tertiary/aromatic N) is 1. The molecule has 0 atom stereocenters. The van der Waals surface area contributed by atoms with Gasteiger partial charge in [-0.25, -0.2) is 8.42 Å². The fourth-order valence-corrected chi connectivity index (χ4v) is 14.1. The molecule has 0 unspecified atom stereocenters. The van der Waals surface area contributed by atoms with Gasteiger partial charge in [-0.3, -0.25) is 0 Å². The molecule has 36 heavy (non-hydrogen) atoms. The Morgan fingerprint density at radius 1 is 0.861 bits per heavy atom. The van der Waals surface area contributed by atoms with Crippen molar-refractivity contribution in [2.45, 2.75) is 103 Å². The first kappa shape index (κ1) is 29.4. The molecule has 3 nitrogen and oxygen atoms in total. The van der Waals surface area contributed by atoms with Gasteiger partial charge in [0.1, 0.15) is 8.07 Å². The molecule has 0 bridgehead atoms. The number of rotatable bonds is 9. The van der Waals surface area contributed by atoms with E-state index >= 15 is 0 Å². The van der Waals surface area contributed by atoms with Crippen LogP contribution in [0.5, 0.6) is 0 Å². The SMILES string of the molecule is CC[Si](C#Cc1c([Si](CC)(CC)CC)cc(Br)c2c1CN(S(=O)(=O)c1ccc(C)cc1)C2)(CC)CC. The van der Waals surface area contributed by atoms with Crippen LogP contribution in [0.2, 0.25) is 36.3 Å². The molecular formula is C29H42BrNO2SSi2. The monoisotopic (exact) mass is 603 g/mol. The van der Waals surface area contributed by atoms with Crippen molar-refractivity contribution < 1.29 is 8.42 Å². The zero-order valence-corrected chi connectivity index (χ0v) is 27.5. The molecule has 1 aliphatic heterocycles. The number of fused-ring (bicyclic) bond motifs is 1. The largest absolute Gasteiger partial charge is 0.243 e. The van der Waals surface area contributed by atoms with Gasteiger partial charge >= 0.3 is 0 Å². The van der Waals surface area contributed by atoms with Crippen molar-refractivity contribution in [3.8, 4) is 11.5 Å². The molecule has 0 aromatic heterocycles. The van der Waals surface area contributed by atoms with E-state index in [2.05, 4.69) is 75.0 Å². The molecule has 0 N–H and O–H groups in total. The van der Waals surface area contributed by atoms with E-state index in [1.54, 1.807) is 16.4 Å². The first-order valence-electron chi connectivity index (χ1n) is 13.5. The Morgan fingerprint density at radius 2 is 1.39 bits per heavy atom. The average Bonchev–Trinajstić information content (AvgIpc) is 3.35. The Bertz CT molecular complexity index is 1240. The molecule has 0 saturated carbocycles. The summed E-state index contributed by atoms with van der Waals surface area (Å²) in [6.07, 6.45) is 0. The van der Waals surface area contributed by atoms with Gasteiger partial charge in [0.15, 0.2) is 0 Å². The van der Waals surface area contributed by atoms with Crippen molar-refractivity contribution in [3.63, 3.8) is 0 Å². The Kier molecular flexibility index (Phi) is 9.54. The molecule has 3 rings (SSSR count). The van der Waals surface area contributed by atoms with Crippen LogP contribution in [0.3, 0.4) is 0 Å². The standard InChI is InChI=1S/C29H42BrNO2SSi2/c1-8-35(9-2,10-3)19-18-25-26-21-31(34(32,33)24-16-14-23(7)15-17-24)22-27(26)28(30)20-29(25)36(11-4,12-5)13-6/h14-17,20H,8-13,21-22H2,1-7H3. The topological polar surface area (TPSA) is 37.4 Å². The van der Waals surface area contributed by atoms with Gasteiger partial charge in [0, 0.05) is 23.1 Å². The van der Waals surface area contributed by atoms with Crippen molar-refractivity contribution in [2.75, 3.05) is 0 Å². The first-order valence-corrected chi connectivity index (χ1v) is 21.0. The van der Waals surface area contributed by atoms with Crippen LogP contribution in [-0.2, 0) is 23.1 Å². The molecule has 1 heterocycles. The third-order valence-corrected chi connectivity index (χ3v) is 21.7. The first-order chi connectivity index (χ1) is 17.1. The van der Waals surface area contributed by atoms with Crippen LogP contribution in [0.4, 0.5) is 0 Å². The van der Waals surface area contributed by atoms with Crippen LogP contribution in [0, 0.1) is 18.4 Å². The summed E-state index contributed by atoms with van der Waals surface area (Å²) in [5, 5.41) is 1.42. The highest BCUT2D eigenvalue weighted by molar-refractivity contribution is 9.10. The summed E-state index contributed by atoms with van der Waals surface area (Å²) in [4.78, 5) is 0.360. The number of benzene rings is 2. The fourth-order valence-electron chi connectivity index (χ4n) is 5.62. The third-order valence-electron chi connectivity index (χ3n) is 8.91. The minimum Gasteiger partial charge on any atom is -0.207 e. The summed E-state index contributed by atoms with van der Waals surface area (Å²) in [5.74, 6) is 3.77. The lowest BCUT2D eigenvalue weighted by Crippen LogP contribution is -2.48. The Hall–Kier alpha value is -1.18. The fraction of sp³-hybridized carbons (Fsp3) is 0.517. The van der Waals surface area contributed by atoms with Crippen LogP contribution >= 0.6 is 15.9 Å². The highest BCUT2D eigenvalue weighted by Gasteiger charge is 2.38. The van der Waals surface area contributed by atoms with Crippen molar-refractivity contribution in [3.05, 3.63) is 57.1 Å². The minimum atomic E-state index is -3.59. The highest BCUT2D eigenvalue weighted by atomic mass is 79.9. The van der Waals surface area contributed by atoms with Crippen LogP contribution in [0.1, 0.15) is 63.8 Å². The van der Waals surface area contributed by atoms with E-state index in [4.69, 9.17) is 0 Å². The molecule has 0 amide bonds. The molecule has 196 valence electrons. The summed E-state index contributed by atoms with van der Waals surface area (Å²) >= 11 is 3.87. The summed E-state index contributed by atoms with van der Waals surface area (Å²) in [6.45, 7) is 16.6. The van der Waals surface area contributed by atoms with Crippen molar-refractivity contribution in [2.24, 2.45) is 0 Å². The Balaban J connectivity index is 2.23. The van der Waals surface area contributed by atoms with E-state index < -0.39 is 26.2 Å². The van der Waals surface area contributed by atoms with Gasteiger partial charge in [0.2, 0.25) is 10.0 Å². The quantitative estimate of drug-likeness (QED) is 0.219. The lowest BCUT2D eigenvalue weighted by atomic mass is 10.0. The molecule has 2 aromatic carbocycles. The van der Waals surface area contributed by atoms with Gasteiger partial charge in [0.25, 0.3) is 0 Å². The van der Waals surface area contributed by atoms with Crippen LogP contribution < -0.4 is 5.19 Å². The number of sulfonamides is 1. The van der Waals surface area contributed by atoms with E-state index in [1.165, 1.54) is 23.3 Å². The number of hydrogen-bond donors (Lipinski definition) is 0. The molecule has 0 fully saturated rings. The zero-order valence-electron chi connectivity index (χ0n) is 23.1. The summed E-state index contributed by atoms with van der Waals surface area (Å²) < 4.78 is 29.9. The number of hydrogen-bond acceptors (Lipinski definition) is 2. The normalized spacial score (nSPS) is 14.4. The Labute approximate surface area is 230 Å². The molecule has 7 heteroatoms. The molecular weight excluding hydrogens is 562 g/mol. The maximum Gasteiger partial charge on any atom is 0.243 e. The molecule has 0 spiro atoms. The third kappa shape index (κ3) is 5.35. The Morgan fingerprint density at radius 3 is 1.89 bits per heavy atom. The second kappa shape index (κ2) is 11.7. The minimum absolute atomic E-state index is 0.360.